The molecule has 7 heteroatoms. The van der Waals surface area contributed by atoms with E-state index in [0.717, 1.165) is 5.56 Å². The Morgan fingerprint density at radius 2 is 1.81 bits per heavy atom. The second-order valence-electron chi connectivity index (χ2n) is 5.79. The van der Waals surface area contributed by atoms with Gasteiger partial charge in [0.25, 0.3) is 0 Å². The summed E-state index contributed by atoms with van der Waals surface area (Å²) < 4.78 is 5.34. The first-order valence-corrected chi connectivity index (χ1v) is 8.45. The number of hydrogen-bond acceptors (Lipinski definition) is 6. The zero-order chi connectivity index (χ0) is 18.5. The maximum absolute atomic E-state index is 6.23. The van der Waals surface area contributed by atoms with Crippen molar-refractivity contribution in [1.82, 2.24) is 9.97 Å². The van der Waals surface area contributed by atoms with Crippen LogP contribution in [-0.4, -0.2) is 17.1 Å². The molecule has 0 aliphatic heterocycles. The smallest absolute Gasteiger partial charge is 0.159 e. The molecule has 0 aliphatic rings. The average molecular weight is 370 g/mol. The normalized spacial score (nSPS) is 10.4. The molecule has 0 bridgehead atoms. The number of nitrogens with two attached hydrogens (primary N) is 1. The van der Waals surface area contributed by atoms with Gasteiger partial charge in [-0.15, -0.1) is 0 Å². The van der Waals surface area contributed by atoms with Gasteiger partial charge in [0.15, 0.2) is 11.6 Å². The van der Waals surface area contributed by atoms with Crippen molar-refractivity contribution in [2.24, 2.45) is 0 Å². The highest BCUT2D eigenvalue weighted by molar-refractivity contribution is 6.31. The van der Waals surface area contributed by atoms with Gasteiger partial charge < -0.3 is 21.1 Å². The summed E-state index contributed by atoms with van der Waals surface area (Å²) >= 11 is 6.07. The van der Waals surface area contributed by atoms with Crippen LogP contribution in [0.15, 0.2) is 48.8 Å². The lowest BCUT2D eigenvalue weighted by molar-refractivity contribution is 0.417. The van der Waals surface area contributed by atoms with Gasteiger partial charge in [0.1, 0.15) is 17.8 Å². The first-order chi connectivity index (χ1) is 12.6. The highest BCUT2D eigenvalue weighted by Crippen LogP contribution is 2.33. The lowest BCUT2D eigenvalue weighted by Crippen LogP contribution is -2.08. The molecular formula is C19H20ClN5O. The number of benzene rings is 2. The van der Waals surface area contributed by atoms with Crippen molar-refractivity contribution in [1.29, 1.82) is 0 Å². The van der Waals surface area contributed by atoms with Gasteiger partial charge in [0, 0.05) is 11.6 Å². The van der Waals surface area contributed by atoms with E-state index in [1.165, 1.54) is 11.9 Å². The van der Waals surface area contributed by atoms with E-state index in [-0.39, 0.29) is 0 Å². The zero-order valence-electron chi connectivity index (χ0n) is 14.6. The van der Waals surface area contributed by atoms with Crippen molar-refractivity contribution in [3.8, 4) is 5.75 Å². The zero-order valence-corrected chi connectivity index (χ0v) is 15.3. The molecule has 0 saturated heterocycles. The van der Waals surface area contributed by atoms with Gasteiger partial charge in [0.2, 0.25) is 0 Å². The minimum Gasteiger partial charge on any atom is -0.495 e. The SMILES string of the molecule is COc1ccc(Cl)cc1Nc1ncnc(NCc2ccc(C)cc2)c1N. The van der Waals surface area contributed by atoms with E-state index in [1.54, 1.807) is 25.3 Å². The predicted octanol–water partition coefficient (Wildman–Crippen LogP) is 4.38. The van der Waals surface area contributed by atoms with Crippen LogP contribution in [0, 0.1) is 6.92 Å². The fourth-order valence-corrected chi connectivity index (χ4v) is 2.61. The van der Waals surface area contributed by atoms with E-state index < -0.39 is 0 Å². The number of nitrogens with zero attached hydrogens (tertiary/aromatic N) is 2. The Bertz CT molecular complexity index is 899. The number of hydrogen-bond donors (Lipinski definition) is 3. The van der Waals surface area contributed by atoms with Crippen LogP contribution in [0.25, 0.3) is 0 Å². The Morgan fingerprint density at radius 1 is 1.08 bits per heavy atom. The summed E-state index contributed by atoms with van der Waals surface area (Å²) in [4.78, 5) is 8.45. The molecule has 3 aromatic rings. The fourth-order valence-electron chi connectivity index (χ4n) is 2.43. The topological polar surface area (TPSA) is 85.1 Å². The van der Waals surface area contributed by atoms with E-state index in [0.29, 0.717) is 40.3 Å². The van der Waals surface area contributed by atoms with Crippen LogP contribution in [-0.2, 0) is 6.54 Å². The Morgan fingerprint density at radius 3 is 2.54 bits per heavy atom. The molecule has 0 spiro atoms. The number of methoxy groups -OCH3 is 1. The van der Waals surface area contributed by atoms with Crippen LogP contribution < -0.4 is 21.1 Å². The number of anilines is 4. The van der Waals surface area contributed by atoms with Gasteiger partial charge in [-0.25, -0.2) is 9.97 Å². The van der Waals surface area contributed by atoms with E-state index >= 15 is 0 Å². The molecule has 0 atom stereocenters. The van der Waals surface area contributed by atoms with Crippen LogP contribution in [0.1, 0.15) is 11.1 Å². The van der Waals surface area contributed by atoms with Crippen molar-refractivity contribution in [3.63, 3.8) is 0 Å². The van der Waals surface area contributed by atoms with Crippen LogP contribution >= 0.6 is 11.6 Å². The second-order valence-corrected chi connectivity index (χ2v) is 6.23. The summed E-state index contributed by atoms with van der Waals surface area (Å²) in [5.41, 5.74) is 9.68. The summed E-state index contributed by atoms with van der Waals surface area (Å²) in [6.45, 7) is 2.67. The minimum absolute atomic E-state index is 0.418. The van der Waals surface area contributed by atoms with Crippen LogP contribution in [0.2, 0.25) is 5.02 Å². The summed E-state index contributed by atoms with van der Waals surface area (Å²) in [6, 6.07) is 13.5. The first kappa shape index (κ1) is 17.8. The summed E-state index contributed by atoms with van der Waals surface area (Å²) in [5, 5.41) is 6.98. The number of halogens is 1. The minimum atomic E-state index is 0.418. The number of nitrogen functional groups attached to an aromatic ring is 1. The monoisotopic (exact) mass is 369 g/mol. The lowest BCUT2D eigenvalue weighted by Gasteiger charge is -2.14. The molecule has 4 N–H and O–H groups in total. The van der Waals surface area contributed by atoms with E-state index in [1.807, 2.05) is 0 Å². The Balaban J connectivity index is 1.79. The molecule has 26 heavy (non-hydrogen) atoms. The van der Waals surface area contributed by atoms with Gasteiger partial charge in [0.05, 0.1) is 12.8 Å². The highest BCUT2D eigenvalue weighted by Gasteiger charge is 2.11. The third-order valence-electron chi connectivity index (χ3n) is 3.88. The second kappa shape index (κ2) is 7.93. The molecule has 2 aromatic carbocycles. The van der Waals surface area contributed by atoms with Crippen molar-refractivity contribution in [2.45, 2.75) is 13.5 Å². The van der Waals surface area contributed by atoms with E-state index in [2.05, 4.69) is 51.8 Å². The number of ether oxygens (including phenoxy) is 1. The van der Waals surface area contributed by atoms with Crippen LogP contribution in [0.3, 0.4) is 0 Å². The molecule has 3 rings (SSSR count). The number of aryl methyl sites for hydroxylation is 1. The van der Waals surface area contributed by atoms with Gasteiger partial charge in [-0.2, -0.15) is 0 Å². The van der Waals surface area contributed by atoms with Crippen molar-refractivity contribution in [2.75, 3.05) is 23.5 Å². The maximum atomic E-state index is 6.23. The maximum Gasteiger partial charge on any atom is 0.159 e. The van der Waals surface area contributed by atoms with Gasteiger partial charge in [-0.1, -0.05) is 41.4 Å². The molecule has 0 aliphatic carbocycles. The molecule has 1 heterocycles. The van der Waals surface area contributed by atoms with Gasteiger partial charge in [-0.3, -0.25) is 0 Å². The van der Waals surface area contributed by atoms with Crippen molar-refractivity contribution in [3.05, 3.63) is 64.9 Å². The van der Waals surface area contributed by atoms with Crippen molar-refractivity contribution >= 4 is 34.6 Å². The fraction of sp³-hybridized carbons (Fsp3) is 0.158. The standard InChI is InChI=1S/C19H20ClN5O/c1-12-3-5-13(6-4-12)10-22-18-17(21)19(24-11-23-18)25-15-9-14(20)7-8-16(15)26-2/h3-9,11H,10,21H2,1-2H3,(H2,22,23,24,25). The quantitative estimate of drug-likeness (QED) is 0.597. The summed E-state index contributed by atoms with van der Waals surface area (Å²) in [5.74, 6) is 1.68. The van der Waals surface area contributed by atoms with Gasteiger partial charge in [-0.05, 0) is 30.7 Å². The molecule has 6 nitrogen and oxygen atoms in total. The lowest BCUT2D eigenvalue weighted by atomic mass is 10.1. The van der Waals surface area contributed by atoms with Gasteiger partial charge >= 0.3 is 0 Å². The van der Waals surface area contributed by atoms with E-state index in [9.17, 15) is 0 Å². The first-order valence-electron chi connectivity index (χ1n) is 8.07. The summed E-state index contributed by atoms with van der Waals surface area (Å²) in [6.07, 6.45) is 1.45. The Kier molecular flexibility index (Phi) is 5.43. The Labute approximate surface area is 157 Å². The third-order valence-corrected chi connectivity index (χ3v) is 4.11. The summed E-state index contributed by atoms with van der Waals surface area (Å²) in [7, 11) is 1.59. The Hall–Kier alpha value is -2.99. The van der Waals surface area contributed by atoms with Crippen LogP contribution in [0.5, 0.6) is 5.75 Å². The molecule has 134 valence electrons. The molecule has 0 unspecified atom stereocenters. The number of rotatable bonds is 6. The number of nitrogens with one attached hydrogen (secondary N) is 2. The molecular weight excluding hydrogens is 350 g/mol. The van der Waals surface area contributed by atoms with E-state index in [4.69, 9.17) is 22.1 Å². The third kappa shape index (κ3) is 4.15. The average Bonchev–Trinajstić information content (AvgIpc) is 2.64. The van der Waals surface area contributed by atoms with Crippen LogP contribution in [0.4, 0.5) is 23.0 Å². The largest absolute Gasteiger partial charge is 0.495 e. The molecule has 0 radical (unpaired) electrons. The number of aromatic nitrogens is 2. The van der Waals surface area contributed by atoms with Crippen molar-refractivity contribution < 1.29 is 4.74 Å². The predicted molar refractivity (Wildman–Crippen MR) is 106 cm³/mol. The molecule has 0 fully saturated rings. The molecule has 0 amide bonds. The molecule has 1 aromatic heterocycles. The highest BCUT2D eigenvalue weighted by atomic mass is 35.5. The molecule has 0 saturated carbocycles.